The predicted octanol–water partition coefficient (Wildman–Crippen LogP) is 1.20. The van der Waals surface area contributed by atoms with Crippen LogP contribution in [0.3, 0.4) is 0 Å². The van der Waals surface area contributed by atoms with E-state index in [0.717, 1.165) is 6.42 Å². The number of carbonyl (C=O) groups excluding carboxylic acids is 1. The molecule has 1 saturated heterocycles. The van der Waals surface area contributed by atoms with Crippen molar-refractivity contribution in [1.82, 2.24) is 0 Å². The van der Waals surface area contributed by atoms with E-state index in [1.54, 1.807) is 6.92 Å². The Bertz CT molecular complexity index is 358. The zero-order valence-corrected chi connectivity index (χ0v) is 8.03. The first-order valence-corrected chi connectivity index (χ1v) is 4.86. The Morgan fingerprint density at radius 1 is 1.71 bits per heavy atom. The molecule has 3 nitrogen and oxygen atoms in total. The van der Waals surface area contributed by atoms with Crippen LogP contribution >= 0.6 is 0 Å². The molecule has 0 radical (unpaired) electrons. The zero-order chi connectivity index (χ0) is 9.92. The van der Waals surface area contributed by atoms with Gasteiger partial charge in [-0.05, 0) is 13.0 Å². The van der Waals surface area contributed by atoms with Gasteiger partial charge in [-0.25, -0.2) is 4.79 Å². The second-order valence-corrected chi connectivity index (χ2v) is 4.37. The molecule has 0 aromatic heterocycles. The van der Waals surface area contributed by atoms with Gasteiger partial charge in [-0.2, -0.15) is 0 Å². The Morgan fingerprint density at radius 3 is 3.07 bits per heavy atom. The third-order valence-corrected chi connectivity index (χ3v) is 3.24. The van der Waals surface area contributed by atoms with Gasteiger partial charge < -0.3 is 9.47 Å². The Kier molecular flexibility index (Phi) is 1.34. The molecule has 2 fully saturated rings. The molecule has 2 aliphatic carbocycles. The molecule has 4 unspecified atom stereocenters. The number of hydrogen-bond donors (Lipinski definition) is 0. The zero-order valence-electron chi connectivity index (χ0n) is 8.03. The van der Waals surface area contributed by atoms with Crippen LogP contribution in [0.25, 0.3) is 0 Å². The smallest absolute Gasteiger partial charge is 0.334 e. The van der Waals surface area contributed by atoms with Crippen LogP contribution < -0.4 is 0 Å². The molecule has 0 spiro atoms. The van der Waals surface area contributed by atoms with Gasteiger partial charge >= 0.3 is 5.97 Å². The Hall–Kier alpha value is -1.09. The van der Waals surface area contributed by atoms with Gasteiger partial charge in [-0.3, -0.25) is 0 Å². The van der Waals surface area contributed by atoms with E-state index >= 15 is 0 Å². The van der Waals surface area contributed by atoms with Crippen molar-refractivity contribution < 1.29 is 14.3 Å². The van der Waals surface area contributed by atoms with Crippen LogP contribution in [0.1, 0.15) is 13.3 Å². The summed E-state index contributed by atoms with van der Waals surface area (Å²) in [5.74, 6) is 0.143. The molecule has 1 saturated carbocycles. The maximum atomic E-state index is 11.4. The van der Waals surface area contributed by atoms with E-state index < -0.39 is 5.60 Å². The van der Waals surface area contributed by atoms with Crippen molar-refractivity contribution in [3.8, 4) is 0 Å². The molecule has 1 aliphatic heterocycles. The molecule has 3 aliphatic rings. The number of carbonyl (C=O) groups is 1. The monoisotopic (exact) mass is 192 g/mol. The van der Waals surface area contributed by atoms with Crippen LogP contribution in [0.5, 0.6) is 0 Å². The summed E-state index contributed by atoms with van der Waals surface area (Å²) in [6, 6.07) is 0. The Labute approximate surface area is 82.4 Å². The highest BCUT2D eigenvalue weighted by molar-refractivity contribution is 5.87. The molecular weight excluding hydrogens is 180 g/mol. The molecule has 14 heavy (non-hydrogen) atoms. The first-order valence-electron chi connectivity index (χ1n) is 4.86. The molecule has 1 heterocycles. The van der Waals surface area contributed by atoms with Crippen molar-refractivity contribution in [3.63, 3.8) is 0 Å². The third-order valence-electron chi connectivity index (χ3n) is 3.24. The molecule has 2 bridgehead atoms. The molecule has 3 rings (SSSR count). The summed E-state index contributed by atoms with van der Waals surface area (Å²) in [6.45, 7) is 5.24. The average molecular weight is 192 g/mol. The van der Waals surface area contributed by atoms with E-state index in [4.69, 9.17) is 9.47 Å². The molecule has 3 heteroatoms. The van der Waals surface area contributed by atoms with Gasteiger partial charge in [-0.1, -0.05) is 12.7 Å². The van der Waals surface area contributed by atoms with Crippen molar-refractivity contribution in [1.29, 1.82) is 0 Å². The second-order valence-electron chi connectivity index (χ2n) is 4.37. The van der Waals surface area contributed by atoms with Crippen molar-refractivity contribution in [3.05, 3.63) is 24.3 Å². The molecule has 0 N–H and O–H groups in total. The Balaban J connectivity index is 1.82. The number of hydrogen-bond acceptors (Lipinski definition) is 3. The minimum atomic E-state index is -0.467. The summed E-state index contributed by atoms with van der Waals surface area (Å²) in [5, 5.41) is 0. The largest absolute Gasteiger partial charge is 0.449 e. The summed E-state index contributed by atoms with van der Waals surface area (Å²) in [5.41, 5.74) is -0.0222. The Morgan fingerprint density at radius 2 is 2.50 bits per heavy atom. The maximum Gasteiger partial charge on any atom is 0.334 e. The quantitative estimate of drug-likeness (QED) is 0.285. The van der Waals surface area contributed by atoms with Crippen LogP contribution in [0.2, 0.25) is 0 Å². The van der Waals surface area contributed by atoms with Gasteiger partial charge in [0.1, 0.15) is 6.10 Å². The fourth-order valence-electron chi connectivity index (χ4n) is 2.46. The molecule has 0 amide bonds. The number of rotatable bonds is 2. The first kappa shape index (κ1) is 8.24. The van der Waals surface area contributed by atoms with E-state index in [1.807, 2.05) is 6.08 Å². The van der Waals surface area contributed by atoms with E-state index in [1.165, 1.54) is 0 Å². The van der Waals surface area contributed by atoms with Gasteiger partial charge in [0.2, 0.25) is 0 Å². The van der Waals surface area contributed by atoms with Gasteiger partial charge in [0, 0.05) is 17.9 Å². The topological polar surface area (TPSA) is 38.8 Å². The molecule has 74 valence electrons. The standard InChI is InChI=1S/C11H12O3/c1-6(2)10(12)14-11-4-3-7(5-11)8-9(11)13-8/h3-4,7-9H,1,5H2,2H3. The highest BCUT2D eigenvalue weighted by Gasteiger charge is 2.68. The van der Waals surface area contributed by atoms with Crippen molar-refractivity contribution >= 4 is 5.97 Å². The van der Waals surface area contributed by atoms with Crippen LogP contribution in [-0.4, -0.2) is 23.8 Å². The van der Waals surface area contributed by atoms with Gasteiger partial charge in [0.25, 0.3) is 0 Å². The molecule has 4 atom stereocenters. The van der Waals surface area contributed by atoms with Crippen molar-refractivity contribution in [2.45, 2.75) is 31.2 Å². The summed E-state index contributed by atoms with van der Waals surface area (Å²) < 4.78 is 10.9. The number of fused-ring (bicyclic) bond motifs is 5. The van der Waals surface area contributed by atoms with E-state index in [0.29, 0.717) is 17.6 Å². The van der Waals surface area contributed by atoms with E-state index in [-0.39, 0.29) is 12.1 Å². The lowest BCUT2D eigenvalue weighted by Crippen LogP contribution is -2.35. The number of epoxide rings is 1. The SMILES string of the molecule is C=C(C)C(=O)OC12C=CC(C1)C1OC12. The highest BCUT2D eigenvalue weighted by Crippen LogP contribution is 2.56. The molecule has 0 aromatic rings. The molecular formula is C11H12O3. The highest BCUT2D eigenvalue weighted by atomic mass is 16.6. The minimum Gasteiger partial charge on any atom is -0.449 e. The lowest BCUT2D eigenvalue weighted by Gasteiger charge is -2.24. The fourth-order valence-corrected chi connectivity index (χ4v) is 2.46. The maximum absolute atomic E-state index is 11.4. The minimum absolute atomic E-state index is 0.112. The summed E-state index contributed by atoms with van der Waals surface area (Å²) in [7, 11) is 0. The van der Waals surface area contributed by atoms with Gasteiger partial charge in [0.05, 0.1) is 6.10 Å². The number of ether oxygens (including phenoxy) is 2. The fraction of sp³-hybridized carbons (Fsp3) is 0.545. The summed E-state index contributed by atoms with van der Waals surface area (Å²) in [6.07, 6.45) is 5.38. The summed E-state index contributed by atoms with van der Waals surface area (Å²) in [4.78, 5) is 11.4. The van der Waals surface area contributed by atoms with Crippen LogP contribution in [-0.2, 0) is 14.3 Å². The lowest BCUT2D eigenvalue weighted by atomic mass is 10.0. The van der Waals surface area contributed by atoms with Crippen molar-refractivity contribution in [2.75, 3.05) is 0 Å². The van der Waals surface area contributed by atoms with Gasteiger partial charge in [-0.15, -0.1) is 0 Å². The predicted molar refractivity (Wildman–Crippen MR) is 49.5 cm³/mol. The summed E-state index contributed by atoms with van der Waals surface area (Å²) >= 11 is 0. The number of esters is 1. The van der Waals surface area contributed by atoms with E-state index in [2.05, 4.69) is 12.7 Å². The van der Waals surface area contributed by atoms with Crippen LogP contribution in [0, 0.1) is 5.92 Å². The van der Waals surface area contributed by atoms with E-state index in [9.17, 15) is 4.79 Å². The molecule has 0 aromatic carbocycles. The second kappa shape index (κ2) is 2.28. The van der Waals surface area contributed by atoms with Gasteiger partial charge in [0.15, 0.2) is 5.60 Å². The normalized spacial score (nSPS) is 46.2. The lowest BCUT2D eigenvalue weighted by molar-refractivity contribution is -0.151. The van der Waals surface area contributed by atoms with Crippen molar-refractivity contribution in [2.24, 2.45) is 5.92 Å². The van der Waals surface area contributed by atoms with Crippen LogP contribution in [0.4, 0.5) is 0 Å². The van der Waals surface area contributed by atoms with Crippen LogP contribution in [0.15, 0.2) is 24.3 Å². The first-order chi connectivity index (χ1) is 6.62. The average Bonchev–Trinajstić information content (AvgIpc) is 2.79. The third kappa shape index (κ3) is 0.879.